The van der Waals surface area contributed by atoms with E-state index in [1.165, 1.54) is 36.8 Å². The second-order valence-electron chi connectivity index (χ2n) is 6.17. The lowest BCUT2D eigenvalue weighted by Crippen LogP contribution is -2.29. The molecule has 0 saturated heterocycles. The molecule has 0 aromatic heterocycles. The van der Waals surface area contributed by atoms with Gasteiger partial charge in [0.15, 0.2) is 0 Å². The third kappa shape index (κ3) is 4.30. The Bertz CT molecular complexity index is 427. The van der Waals surface area contributed by atoms with Crippen LogP contribution in [0, 0.1) is 0 Å². The topological polar surface area (TPSA) is 24.5 Å². The van der Waals surface area contributed by atoms with Crippen molar-refractivity contribution in [3.8, 4) is 0 Å². The Morgan fingerprint density at radius 3 is 2.70 bits per heavy atom. The average molecular weight is 274 g/mol. The van der Waals surface area contributed by atoms with Crippen molar-refractivity contribution in [2.24, 2.45) is 0 Å². The summed E-state index contributed by atoms with van der Waals surface area (Å²) in [6.45, 7) is 3.95. The van der Waals surface area contributed by atoms with E-state index in [2.05, 4.69) is 34.5 Å². The zero-order valence-corrected chi connectivity index (χ0v) is 12.5. The molecule has 0 bridgehead atoms. The Hall–Kier alpha value is -0.900. The first-order valence-corrected chi connectivity index (χ1v) is 7.89. The van der Waals surface area contributed by atoms with Crippen LogP contribution in [0.5, 0.6) is 0 Å². The van der Waals surface area contributed by atoms with Gasteiger partial charge in [0.25, 0.3) is 0 Å². The van der Waals surface area contributed by atoms with E-state index in [0.29, 0.717) is 0 Å². The molecular weight excluding hydrogens is 248 g/mol. The molecular formula is C17H26N2O. The molecule has 0 heterocycles. The Balaban J connectivity index is 1.55. The highest BCUT2D eigenvalue weighted by molar-refractivity contribution is 5.23. The van der Waals surface area contributed by atoms with Crippen LogP contribution in [0.1, 0.15) is 36.8 Å². The summed E-state index contributed by atoms with van der Waals surface area (Å²) in [4.78, 5) is 2.57. The lowest BCUT2D eigenvalue weighted by molar-refractivity contribution is 0.139. The zero-order chi connectivity index (χ0) is 13.8. The van der Waals surface area contributed by atoms with E-state index < -0.39 is 0 Å². The first-order valence-electron chi connectivity index (χ1n) is 7.89. The van der Waals surface area contributed by atoms with Gasteiger partial charge >= 0.3 is 0 Å². The van der Waals surface area contributed by atoms with Crippen molar-refractivity contribution in [1.82, 2.24) is 10.2 Å². The molecule has 20 heavy (non-hydrogen) atoms. The second-order valence-corrected chi connectivity index (χ2v) is 6.17. The minimum Gasteiger partial charge on any atom is -0.383 e. The maximum Gasteiger partial charge on any atom is 0.0589 e. The average Bonchev–Trinajstić information content (AvgIpc) is 3.35. The molecule has 3 nitrogen and oxygen atoms in total. The van der Waals surface area contributed by atoms with Gasteiger partial charge in [0, 0.05) is 38.8 Å². The van der Waals surface area contributed by atoms with Gasteiger partial charge in [-0.15, -0.1) is 0 Å². The number of nitrogens with zero attached hydrogens (tertiary/aromatic N) is 1. The number of rotatable bonds is 9. The molecule has 3 heteroatoms. The van der Waals surface area contributed by atoms with E-state index in [1.807, 2.05) is 0 Å². The van der Waals surface area contributed by atoms with Gasteiger partial charge in [-0.3, -0.25) is 4.90 Å². The fraction of sp³-hybridized carbons (Fsp3) is 0.647. The number of methoxy groups -OCH3 is 1. The Morgan fingerprint density at radius 1 is 1.20 bits per heavy atom. The molecule has 3 rings (SSSR count). The van der Waals surface area contributed by atoms with Gasteiger partial charge in [-0.1, -0.05) is 24.3 Å². The highest BCUT2D eigenvalue weighted by Crippen LogP contribution is 2.28. The molecule has 0 amide bonds. The molecule has 1 N–H and O–H groups in total. The fourth-order valence-corrected chi connectivity index (χ4v) is 2.66. The summed E-state index contributed by atoms with van der Waals surface area (Å²) in [6, 6.07) is 10.6. The molecule has 0 aliphatic heterocycles. The Labute approximate surface area is 122 Å². The van der Waals surface area contributed by atoms with E-state index in [0.717, 1.165) is 38.3 Å². The molecule has 1 aromatic carbocycles. The summed E-state index contributed by atoms with van der Waals surface area (Å²) in [7, 11) is 1.79. The van der Waals surface area contributed by atoms with Crippen molar-refractivity contribution in [2.45, 2.75) is 50.9 Å². The number of hydrogen-bond donors (Lipinski definition) is 1. The van der Waals surface area contributed by atoms with Crippen molar-refractivity contribution in [3.63, 3.8) is 0 Å². The van der Waals surface area contributed by atoms with Gasteiger partial charge in [-0.2, -0.15) is 0 Å². The van der Waals surface area contributed by atoms with Gasteiger partial charge < -0.3 is 10.1 Å². The third-order valence-electron chi connectivity index (χ3n) is 4.20. The van der Waals surface area contributed by atoms with Crippen LogP contribution >= 0.6 is 0 Å². The van der Waals surface area contributed by atoms with Crippen LogP contribution in [-0.4, -0.2) is 37.2 Å². The molecule has 2 saturated carbocycles. The second kappa shape index (κ2) is 6.70. The predicted molar refractivity (Wildman–Crippen MR) is 81.6 cm³/mol. The van der Waals surface area contributed by atoms with Crippen LogP contribution in [0.4, 0.5) is 0 Å². The van der Waals surface area contributed by atoms with Gasteiger partial charge in [0.05, 0.1) is 6.61 Å². The van der Waals surface area contributed by atoms with Gasteiger partial charge in [0.2, 0.25) is 0 Å². The van der Waals surface area contributed by atoms with Crippen molar-refractivity contribution in [3.05, 3.63) is 35.4 Å². The predicted octanol–water partition coefficient (Wildman–Crippen LogP) is 2.55. The van der Waals surface area contributed by atoms with Crippen molar-refractivity contribution in [1.29, 1.82) is 0 Å². The molecule has 0 radical (unpaired) electrons. The maximum atomic E-state index is 5.23. The molecule has 2 aliphatic carbocycles. The lowest BCUT2D eigenvalue weighted by Gasteiger charge is -2.22. The Morgan fingerprint density at radius 2 is 2.00 bits per heavy atom. The number of benzene rings is 1. The van der Waals surface area contributed by atoms with Crippen molar-refractivity contribution >= 4 is 0 Å². The SMILES string of the molecule is COCCN(Cc1cccc(CNC2CC2)c1)C1CC1. The smallest absolute Gasteiger partial charge is 0.0589 e. The molecule has 2 aliphatic rings. The lowest BCUT2D eigenvalue weighted by atomic mass is 10.1. The maximum absolute atomic E-state index is 5.23. The van der Waals surface area contributed by atoms with Crippen LogP contribution in [0.2, 0.25) is 0 Å². The highest BCUT2D eigenvalue weighted by Gasteiger charge is 2.28. The molecule has 0 atom stereocenters. The van der Waals surface area contributed by atoms with Crippen LogP contribution in [-0.2, 0) is 17.8 Å². The number of hydrogen-bond acceptors (Lipinski definition) is 3. The monoisotopic (exact) mass is 274 g/mol. The standard InChI is InChI=1S/C17H26N2O/c1-20-10-9-19(17-7-8-17)13-15-4-2-3-14(11-15)12-18-16-5-6-16/h2-4,11,16-18H,5-10,12-13H2,1H3. The largest absolute Gasteiger partial charge is 0.383 e. The minimum absolute atomic E-state index is 0.781. The Kier molecular flexibility index (Phi) is 4.71. The summed E-state index contributed by atoms with van der Waals surface area (Å²) in [5.41, 5.74) is 2.85. The molecule has 2 fully saturated rings. The van der Waals surface area contributed by atoms with E-state index >= 15 is 0 Å². The van der Waals surface area contributed by atoms with Crippen LogP contribution in [0.15, 0.2) is 24.3 Å². The van der Waals surface area contributed by atoms with Gasteiger partial charge in [-0.05, 0) is 36.8 Å². The summed E-state index contributed by atoms with van der Waals surface area (Å²) in [5.74, 6) is 0. The van der Waals surface area contributed by atoms with Crippen LogP contribution in [0.25, 0.3) is 0 Å². The van der Waals surface area contributed by atoms with Crippen molar-refractivity contribution < 1.29 is 4.74 Å². The quantitative estimate of drug-likeness (QED) is 0.749. The summed E-state index contributed by atoms with van der Waals surface area (Å²) < 4.78 is 5.23. The van der Waals surface area contributed by atoms with Crippen LogP contribution < -0.4 is 5.32 Å². The van der Waals surface area contributed by atoms with Gasteiger partial charge in [0.1, 0.15) is 0 Å². The van der Waals surface area contributed by atoms with Crippen molar-refractivity contribution in [2.75, 3.05) is 20.3 Å². The minimum atomic E-state index is 0.781. The fourth-order valence-electron chi connectivity index (χ4n) is 2.66. The van der Waals surface area contributed by atoms with E-state index in [9.17, 15) is 0 Å². The number of ether oxygens (including phenoxy) is 1. The zero-order valence-electron chi connectivity index (χ0n) is 12.5. The van der Waals surface area contributed by atoms with E-state index in [-0.39, 0.29) is 0 Å². The normalized spacial score (nSPS) is 18.7. The molecule has 0 unspecified atom stereocenters. The summed E-state index contributed by atoms with van der Waals surface area (Å²) in [6.07, 6.45) is 5.41. The molecule has 110 valence electrons. The summed E-state index contributed by atoms with van der Waals surface area (Å²) >= 11 is 0. The molecule has 0 spiro atoms. The highest BCUT2D eigenvalue weighted by atomic mass is 16.5. The first kappa shape index (κ1) is 14.1. The summed E-state index contributed by atoms with van der Waals surface area (Å²) in [5, 5.41) is 3.59. The van der Waals surface area contributed by atoms with Gasteiger partial charge in [-0.25, -0.2) is 0 Å². The first-order chi connectivity index (χ1) is 9.85. The van der Waals surface area contributed by atoms with E-state index in [1.54, 1.807) is 7.11 Å². The van der Waals surface area contributed by atoms with E-state index in [4.69, 9.17) is 4.74 Å². The van der Waals surface area contributed by atoms with Crippen LogP contribution in [0.3, 0.4) is 0 Å². The number of nitrogens with one attached hydrogen (secondary N) is 1. The third-order valence-corrected chi connectivity index (χ3v) is 4.20. The molecule has 1 aromatic rings.